The molecule has 0 spiro atoms. The number of phenols is 2. The topological polar surface area (TPSA) is 77.4 Å². The first-order chi connectivity index (χ1) is 13.4. The van der Waals surface area contributed by atoms with Gasteiger partial charge in [-0.3, -0.25) is 0 Å². The molecule has 10 heteroatoms. The van der Waals surface area contributed by atoms with E-state index in [-0.39, 0.29) is 51.1 Å². The highest BCUT2D eigenvalue weighted by molar-refractivity contribution is 5.34. The maximum absolute atomic E-state index is 13.1. The zero-order chi connectivity index (χ0) is 20.5. The fourth-order valence-electron chi connectivity index (χ4n) is 2.01. The zero-order valence-electron chi connectivity index (χ0n) is 14.6. The summed E-state index contributed by atoms with van der Waals surface area (Å²) in [5.41, 5.74) is 0. The SMILES string of the molecule is Oc1c(F)cc(OCCOCCOCCOc2cc(F)c(O)c(F)c2)cc1F. The molecule has 0 radical (unpaired) electrons. The van der Waals surface area contributed by atoms with E-state index in [1.165, 1.54) is 0 Å². The molecule has 0 aliphatic heterocycles. The molecule has 0 aliphatic rings. The van der Waals surface area contributed by atoms with Gasteiger partial charge in [0, 0.05) is 24.3 Å². The second kappa shape index (κ2) is 10.6. The van der Waals surface area contributed by atoms with E-state index in [9.17, 15) is 17.6 Å². The molecular weight excluding hydrogens is 388 g/mol. The van der Waals surface area contributed by atoms with Crippen LogP contribution in [0, 0.1) is 23.3 Å². The third-order valence-corrected chi connectivity index (χ3v) is 3.35. The fourth-order valence-corrected chi connectivity index (χ4v) is 2.01. The summed E-state index contributed by atoms with van der Waals surface area (Å²) in [4.78, 5) is 0. The summed E-state index contributed by atoms with van der Waals surface area (Å²) in [6, 6.07) is 3.42. The van der Waals surface area contributed by atoms with E-state index < -0.39 is 34.8 Å². The highest BCUT2D eigenvalue weighted by Gasteiger charge is 2.11. The van der Waals surface area contributed by atoms with Crippen molar-refractivity contribution >= 4 is 0 Å². The molecule has 0 aromatic heterocycles. The number of hydrogen-bond acceptors (Lipinski definition) is 6. The van der Waals surface area contributed by atoms with Gasteiger partial charge in [0.1, 0.15) is 24.7 Å². The maximum Gasteiger partial charge on any atom is 0.188 e. The van der Waals surface area contributed by atoms with Crippen molar-refractivity contribution in [1.82, 2.24) is 0 Å². The molecule has 0 amide bonds. The molecule has 6 nitrogen and oxygen atoms in total. The molecule has 0 aliphatic carbocycles. The number of ether oxygens (including phenoxy) is 4. The van der Waals surface area contributed by atoms with Gasteiger partial charge in [0.2, 0.25) is 0 Å². The molecule has 28 heavy (non-hydrogen) atoms. The van der Waals surface area contributed by atoms with Gasteiger partial charge < -0.3 is 29.2 Å². The Kier molecular flexibility index (Phi) is 8.15. The highest BCUT2D eigenvalue weighted by Crippen LogP contribution is 2.26. The standard InChI is InChI=1S/C18H18F4O6/c19-13-7-11(8-14(20)17(13)23)27-5-3-25-1-2-26-4-6-28-12-9-15(21)18(24)16(22)10-12/h7-10,23-24H,1-6H2. The van der Waals surface area contributed by atoms with Gasteiger partial charge in [0.15, 0.2) is 34.8 Å². The van der Waals surface area contributed by atoms with Gasteiger partial charge in [-0.15, -0.1) is 0 Å². The molecule has 0 saturated heterocycles. The van der Waals surface area contributed by atoms with Crippen LogP contribution in [0.1, 0.15) is 0 Å². The fraction of sp³-hybridized carbons (Fsp3) is 0.333. The lowest BCUT2D eigenvalue weighted by atomic mass is 10.3. The molecule has 2 aromatic rings. The van der Waals surface area contributed by atoms with Crippen LogP contribution in [0.15, 0.2) is 24.3 Å². The summed E-state index contributed by atoms with van der Waals surface area (Å²) in [5.74, 6) is -6.77. The van der Waals surface area contributed by atoms with E-state index in [4.69, 9.17) is 29.2 Å². The lowest BCUT2D eigenvalue weighted by Gasteiger charge is -2.09. The number of rotatable bonds is 11. The van der Waals surface area contributed by atoms with Crippen molar-refractivity contribution in [2.24, 2.45) is 0 Å². The van der Waals surface area contributed by atoms with Crippen molar-refractivity contribution in [3.05, 3.63) is 47.5 Å². The lowest BCUT2D eigenvalue weighted by molar-refractivity contribution is 0.0272. The summed E-state index contributed by atoms with van der Waals surface area (Å²) in [6.45, 7) is 0.760. The molecule has 0 unspecified atom stereocenters. The van der Waals surface area contributed by atoms with Crippen LogP contribution < -0.4 is 9.47 Å². The van der Waals surface area contributed by atoms with Crippen LogP contribution in [0.3, 0.4) is 0 Å². The average molecular weight is 406 g/mol. The Morgan fingerprint density at radius 2 is 0.821 bits per heavy atom. The van der Waals surface area contributed by atoms with E-state index in [0.717, 1.165) is 24.3 Å². The predicted molar refractivity (Wildman–Crippen MR) is 88.7 cm³/mol. The maximum atomic E-state index is 13.1. The monoisotopic (exact) mass is 406 g/mol. The smallest absolute Gasteiger partial charge is 0.188 e. The Balaban J connectivity index is 1.51. The zero-order valence-corrected chi connectivity index (χ0v) is 14.6. The lowest BCUT2D eigenvalue weighted by Crippen LogP contribution is -2.13. The second-order valence-corrected chi connectivity index (χ2v) is 5.39. The van der Waals surface area contributed by atoms with Crippen LogP contribution in [0.5, 0.6) is 23.0 Å². The molecule has 0 heterocycles. The van der Waals surface area contributed by atoms with Crippen molar-refractivity contribution in [2.75, 3.05) is 39.6 Å². The second-order valence-electron chi connectivity index (χ2n) is 5.39. The molecule has 2 aromatic carbocycles. The van der Waals surface area contributed by atoms with Crippen molar-refractivity contribution < 1.29 is 46.7 Å². The number of benzene rings is 2. The summed E-state index contributed by atoms with van der Waals surface area (Å²) in [6.07, 6.45) is 0. The Morgan fingerprint density at radius 1 is 0.536 bits per heavy atom. The molecule has 0 saturated carbocycles. The van der Waals surface area contributed by atoms with Gasteiger partial charge in [0.25, 0.3) is 0 Å². The summed E-state index contributed by atoms with van der Waals surface area (Å²) in [5, 5.41) is 17.9. The minimum atomic E-state index is -1.12. The molecule has 0 fully saturated rings. The van der Waals surface area contributed by atoms with E-state index in [0.29, 0.717) is 0 Å². The Labute approximate surface area is 157 Å². The first-order valence-corrected chi connectivity index (χ1v) is 8.15. The van der Waals surface area contributed by atoms with Crippen LogP contribution >= 0.6 is 0 Å². The van der Waals surface area contributed by atoms with Crippen molar-refractivity contribution in [3.63, 3.8) is 0 Å². The molecule has 154 valence electrons. The number of halogens is 4. The van der Waals surface area contributed by atoms with Crippen LogP contribution in [-0.4, -0.2) is 49.9 Å². The minimum absolute atomic E-state index is 0.0325. The molecule has 2 rings (SSSR count). The van der Waals surface area contributed by atoms with E-state index in [2.05, 4.69) is 0 Å². The van der Waals surface area contributed by atoms with Crippen LogP contribution in [0.25, 0.3) is 0 Å². The largest absolute Gasteiger partial charge is 0.503 e. The molecule has 2 N–H and O–H groups in total. The third kappa shape index (κ3) is 6.46. The van der Waals surface area contributed by atoms with Crippen LogP contribution in [0.2, 0.25) is 0 Å². The van der Waals surface area contributed by atoms with Gasteiger partial charge in [0.05, 0.1) is 26.4 Å². The first kappa shape index (κ1) is 21.6. The van der Waals surface area contributed by atoms with E-state index in [1.54, 1.807) is 0 Å². The van der Waals surface area contributed by atoms with Gasteiger partial charge in [-0.05, 0) is 0 Å². The molecular formula is C18H18F4O6. The normalized spacial score (nSPS) is 10.9. The van der Waals surface area contributed by atoms with Gasteiger partial charge in [-0.2, -0.15) is 0 Å². The van der Waals surface area contributed by atoms with Gasteiger partial charge >= 0.3 is 0 Å². The Bertz CT molecular complexity index is 675. The third-order valence-electron chi connectivity index (χ3n) is 3.35. The molecule has 0 bridgehead atoms. The average Bonchev–Trinajstić information content (AvgIpc) is 2.65. The van der Waals surface area contributed by atoms with Crippen molar-refractivity contribution in [1.29, 1.82) is 0 Å². The highest BCUT2D eigenvalue weighted by atomic mass is 19.1. The summed E-state index contributed by atoms with van der Waals surface area (Å²) >= 11 is 0. The number of aromatic hydroxyl groups is 2. The Morgan fingerprint density at radius 3 is 1.14 bits per heavy atom. The van der Waals surface area contributed by atoms with Gasteiger partial charge in [-0.25, -0.2) is 17.6 Å². The first-order valence-electron chi connectivity index (χ1n) is 8.15. The minimum Gasteiger partial charge on any atom is -0.503 e. The van der Waals surface area contributed by atoms with Crippen molar-refractivity contribution in [3.8, 4) is 23.0 Å². The number of phenolic OH excluding ortho intramolecular Hbond substituents is 2. The summed E-state index contributed by atoms with van der Waals surface area (Å²) < 4.78 is 73.0. The van der Waals surface area contributed by atoms with Crippen LogP contribution in [-0.2, 0) is 9.47 Å². The summed E-state index contributed by atoms with van der Waals surface area (Å²) in [7, 11) is 0. The van der Waals surface area contributed by atoms with E-state index >= 15 is 0 Å². The number of hydrogen-bond donors (Lipinski definition) is 2. The van der Waals surface area contributed by atoms with E-state index in [1.807, 2.05) is 0 Å². The Hall–Kier alpha value is -2.72. The predicted octanol–water partition coefficient (Wildman–Crippen LogP) is 3.15. The van der Waals surface area contributed by atoms with Gasteiger partial charge in [-0.1, -0.05) is 0 Å². The quantitative estimate of drug-likeness (QED) is 0.441. The van der Waals surface area contributed by atoms with Crippen LogP contribution in [0.4, 0.5) is 17.6 Å². The van der Waals surface area contributed by atoms with Crippen molar-refractivity contribution in [2.45, 2.75) is 0 Å². The molecule has 0 atom stereocenters.